The number of hydrogen-bond acceptors (Lipinski definition) is 3. The van der Waals surface area contributed by atoms with Crippen LogP contribution in [0, 0.1) is 6.92 Å². The van der Waals surface area contributed by atoms with Crippen molar-refractivity contribution < 1.29 is 14.6 Å². The van der Waals surface area contributed by atoms with Gasteiger partial charge in [-0.05, 0) is 37.1 Å². The van der Waals surface area contributed by atoms with Crippen LogP contribution in [0.3, 0.4) is 0 Å². The molecule has 0 heterocycles. The second kappa shape index (κ2) is 4.98. The molecule has 1 N–H and O–H groups in total. The summed E-state index contributed by atoms with van der Waals surface area (Å²) in [5, 5.41) is 9.35. The summed E-state index contributed by atoms with van der Waals surface area (Å²) in [6, 6.07) is 5.61. The lowest BCUT2D eigenvalue weighted by molar-refractivity contribution is 0.0506. The summed E-state index contributed by atoms with van der Waals surface area (Å²) in [6.07, 6.45) is -0.440. The van der Waals surface area contributed by atoms with Crippen molar-refractivity contribution in [1.82, 2.24) is 0 Å². The number of methoxy groups -OCH3 is 1. The third-order valence-electron chi connectivity index (χ3n) is 2.01. The highest BCUT2D eigenvalue weighted by atomic mass is 16.7. The number of aryl methyl sites for hydroxylation is 1. The summed E-state index contributed by atoms with van der Waals surface area (Å²) in [7, 11) is 1.58. The number of aliphatic hydroxyl groups is 1. The average Bonchev–Trinajstić information content (AvgIpc) is 2.15. The molecule has 3 nitrogen and oxygen atoms in total. The zero-order chi connectivity index (χ0) is 10.6. The zero-order valence-electron chi connectivity index (χ0n) is 8.78. The lowest BCUT2D eigenvalue weighted by atomic mass is 10.1. The maximum atomic E-state index is 9.35. The topological polar surface area (TPSA) is 38.7 Å². The van der Waals surface area contributed by atoms with Gasteiger partial charge in [0.2, 0.25) is 0 Å². The van der Waals surface area contributed by atoms with Crippen molar-refractivity contribution in [2.75, 3.05) is 13.9 Å². The summed E-state index contributed by atoms with van der Waals surface area (Å²) in [4.78, 5) is 0. The van der Waals surface area contributed by atoms with Gasteiger partial charge in [-0.3, -0.25) is 0 Å². The first kappa shape index (κ1) is 11.0. The van der Waals surface area contributed by atoms with Crippen LogP contribution in [0.1, 0.15) is 24.2 Å². The molecule has 0 aliphatic heterocycles. The molecule has 0 fully saturated rings. The van der Waals surface area contributed by atoms with Crippen LogP contribution in [0.15, 0.2) is 18.2 Å². The Kier molecular flexibility index (Phi) is 3.92. The lowest BCUT2D eigenvalue weighted by Gasteiger charge is -2.10. The molecule has 14 heavy (non-hydrogen) atoms. The Morgan fingerprint density at radius 2 is 2.14 bits per heavy atom. The maximum Gasteiger partial charge on any atom is 0.188 e. The molecule has 0 aromatic heterocycles. The number of hydrogen-bond donors (Lipinski definition) is 1. The van der Waals surface area contributed by atoms with Gasteiger partial charge in [-0.2, -0.15) is 0 Å². The lowest BCUT2D eigenvalue weighted by Crippen LogP contribution is -2.01. The van der Waals surface area contributed by atoms with Gasteiger partial charge in [0, 0.05) is 7.11 Å². The van der Waals surface area contributed by atoms with E-state index < -0.39 is 6.10 Å². The predicted octanol–water partition coefficient (Wildman–Crippen LogP) is 2.03. The van der Waals surface area contributed by atoms with Crippen molar-refractivity contribution in [3.63, 3.8) is 0 Å². The van der Waals surface area contributed by atoms with E-state index >= 15 is 0 Å². The van der Waals surface area contributed by atoms with Gasteiger partial charge in [-0.25, -0.2) is 0 Å². The summed E-state index contributed by atoms with van der Waals surface area (Å²) in [5.41, 5.74) is 1.90. The van der Waals surface area contributed by atoms with Gasteiger partial charge < -0.3 is 14.6 Å². The molecule has 0 aliphatic carbocycles. The first-order valence-corrected chi connectivity index (χ1v) is 4.55. The highest BCUT2D eigenvalue weighted by molar-refractivity contribution is 5.36. The minimum atomic E-state index is -0.440. The Balaban J connectivity index is 2.79. The van der Waals surface area contributed by atoms with E-state index in [0.29, 0.717) is 0 Å². The Labute approximate surface area is 84.3 Å². The molecule has 78 valence electrons. The van der Waals surface area contributed by atoms with E-state index in [-0.39, 0.29) is 6.79 Å². The molecule has 0 saturated heterocycles. The van der Waals surface area contributed by atoms with Crippen molar-refractivity contribution in [3.05, 3.63) is 29.3 Å². The number of ether oxygens (including phenoxy) is 2. The quantitative estimate of drug-likeness (QED) is 0.749. The highest BCUT2D eigenvalue weighted by Crippen LogP contribution is 2.22. The number of benzene rings is 1. The third kappa shape index (κ3) is 2.72. The number of rotatable bonds is 4. The van der Waals surface area contributed by atoms with Crippen LogP contribution in [-0.2, 0) is 4.74 Å². The first-order chi connectivity index (χ1) is 6.65. The molecule has 1 atom stereocenters. The van der Waals surface area contributed by atoms with Gasteiger partial charge in [0.1, 0.15) is 5.75 Å². The van der Waals surface area contributed by atoms with Gasteiger partial charge in [0.15, 0.2) is 6.79 Å². The smallest absolute Gasteiger partial charge is 0.188 e. The second-order valence-electron chi connectivity index (χ2n) is 3.25. The molecule has 1 aromatic rings. The van der Waals surface area contributed by atoms with Crippen LogP contribution in [0.2, 0.25) is 0 Å². The Bertz CT molecular complexity index is 295. The summed E-state index contributed by atoms with van der Waals surface area (Å²) >= 11 is 0. The van der Waals surface area contributed by atoms with Crippen LogP contribution in [0.25, 0.3) is 0 Å². The van der Waals surface area contributed by atoms with Crippen molar-refractivity contribution in [1.29, 1.82) is 0 Å². The maximum absolute atomic E-state index is 9.35. The van der Waals surface area contributed by atoms with E-state index in [1.165, 1.54) is 0 Å². The van der Waals surface area contributed by atoms with Gasteiger partial charge in [0.05, 0.1) is 6.10 Å². The molecule has 0 radical (unpaired) electrons. The minimum Gasteiger partial charge on any atom is -0.467 e. The summed E-state index contributed by atoms with van der Waals surface area (Å²) < 4.78 is 10.1. The normalized spacial score (nSPS) is 12.6. The number of aliphatic hydroxyl groups excluding tert-OH is 1. The van der Waals surface area contributed by atoms with Gasteiger partial charge in [0.25, 0.3) is 0 Å². The average molecular weight is 196 g/mol. The molecule has 0 saturated carbocycles. The first-order valence-electron chi connectivity index (χ1n) is 4.55. The molecule has 0 amide bonds. The standard InChI is InChI=1S/C11H16O3/c1-8-6-10(9(2)12)4-5-11(8)14-7-13-3/h4-6,9,12H,7H2,1-3H3. The van der Waals surface area contributed by atoms with Crippen molar-refractivity contribution in [2.45, 2.75) is 20.0 Å². The zero-order valence-corrected chi connectivity index (χ0v) is 8.78. The van der Waals surface area contributed by atoms with E-state index in [4.69, 9.17) is 9.47 Å². The van der Waals surface area contributed by atoms with E-state index in [1.807, 2.05) is 25.1 Å². The van der Waals surface area contributed by atoms with Crippen molar-refractivity contribution in [3.8, 4) is 5.75 Å². The Morgan fingerprint density at radius 3 is 2.64 bits per heavy atom. The Morgan fingerprint density at radius 1 is 1.43 bits per heavy atom. The van der Waals surface area contributed by atoms with E-state index in [9.17, 15) is 5.11 Å². The van der Waals surface area contributed by atoms with E-state index in [2.05, 4.69) is 0 Å². The largest absolute Gasteiger partial charge is 0.467 e. The molecule has 1 rings (SSSR count). The van der Waals surface area contributed by atoms with Gasteiger partial charge in [-0.1, -0.05) is 6.07 Å². The molecule has 0 spiro atoms. The minimum absolute atomic E-state index is 0.245. The van der Waals surface area contributed by atoms with Crippen LogP contribution in [0.4, 0.5) is 0 Å². The molecule has 0 bridgehead atoms. The molecule has 1 unspecified atom stereocenters. The van der Waals surface area contributed by atoms with Crippen LogP contribution in [0.5, 0.6) is 5.75 Å². The molecule has 0 aliphatic rings. The van der Waals surface area contributed by atoms with Crippen LogP contribution in [-0.4, -0.2) is 19.0 Å². The SMILES string of the molecule is COCOc1ccc(C(C)O)cc1C. The fourth-order valence-corrected chi connectivity index (χ4v) is 1.22. The van der Waals surface area contributed by atoms with Gasteiger partial charge >= 0.3 is 0 Å². The van der Waals surface area contributed by atoms with Gasteiger partial charge in [-0.15, -0.1) is 0 Å². The van der Waals surface area contributed by atoms with Crippen molar-refractivity contribution >= 4 is 0 Å². The second-order valence-corrected chi connectivity index (χ2v) is 3.25. The molecule has 1 aromatic carbocycles. The van der Waals surface area contributed by atoms with E-state index in [0.717, 1.165) is 16.9 Å². The third-order valence-corrected chi connectivity index (χ3v) is 2.01. The van der Waals surface area contributed by atoms with Crippen molar-refractivity contribution in [2.24, 2.45) is 0 Å². The fraction of sp³-hybridized carbons (Fsp3) is 0.455. The van der Waals surface area contributed by atoms with Crippen LogP contribution >= 0.6 is 0 Å². The monoisotopic (exact) mass is 196 g/mol. The molecular weight excluding hydrogens is 180 g/mol. The predicted molar refractivity (Wildman–Crippen MR) is 54.3 cm³/mol. The molecule has 3 heteroatoms. The Hall–Kier alpha value is -1.06. The van der Waals surface area contributed by atoms with E-state index in [1.54, 1.807) is 14.0 Å². The fourth-order valence-electron chi connectivity index (χ4n) is 1.22. The summed E-state index contributed by atoms with van der Waals surface area (Å²) in [6.45, 7) is 3.93. The van der Waals surface area contributed by atoms with Crippen LogP contribution < -0.4 is 4.74 Å². The highest BCUT2D eigenvalue weighted by Gasteiger charge is 2.04. The molecular formula is C11H16O3. The summed E-state index contributed by atoms with van der Waals surface area (Å²) in [5.74, 6) is 0.788.